The Morgan fingerprint density at radius 3 is 2.36 bits per heavy atom. The summed E-state index contributed by atoms with van der Waals surface area (Å²) in [6, 6.07) is 31.1. The topological polar surface area (TPSA) is 79.1 Å². The zero-order valence-electron chi connectivity index (χ0n) is 24.6. The van der Waals surface area contributed by atoms with E-state index in [1.165, 1.54) is 11.3 Å². The highest BCUT2D eigenvalue weighted by Crippen LogP contribution is 2.36. The molecule has 1 aliphatic heterocycles. The van der Waals surface area contributed by atoms with E-state index in [1.54, 1.807) is 24.7 Å². The SMILES string of the molecule is CCOC(=O)C1=C(c2ccccc2)N=c2s/c(=C\c3cccc(OC)c3OCc3ccc(Cl)cc3)c(=O)n2[C@@H]1c1ccccc1. The average Bonchev–Trinajstić information content (AvgIpc) is 3.38. The van der Waals surface area contributed by atoms with Crippen molar-refractivity contribution >= 4 is 40.7 Å². The summed E-state index contributed by atoms with van der Waals surface area (Å²) in [5.41, 5.74) is 3.62. The van der Waals surface area contributed by atoms with Crippen LogP contribution in [0.15, 0.2) is 118 Å². The smallest absolute Gasteiger partial charge is 0.338 e. The second-order valence-electron chi connectivity index (χ2n) is 10.1. The van der Waals surface area contributed by atoms with Crippen LogP contribution in [0.25, 0.3) is 11.8 Å². The van der Waals surface area contributed by atoms with Crippen molar-refractivity contribution in [1.29, 1.82) is 0 Å². The molecule has 7 nitrogen and oxygen atoms in total. The summed E-state index contributed by atoms with van der Waals surface area (Å²) in [7, 11) is 1.57. The summed E-state index contributed by atoms with van der Waals surface area (Å²) in [6.07, 6.45) is 1.78. The molecule has 0 amide bonds. The second kappa shape index (κ2) is 13.4. The third kappa shape index (κ3) is 6.20. The van der Waals surface area contributed by atoms with Gasteiger partial charge in [-0.1, -0.05) is 108 Å². The molecule has 226 valence electrons. The molecule has 0 N–H and O–H groups in total. The maximum Gasteiger partial charge on any atom is 0.338 e. The van der Waals surface area contributed by atoms with E-state index in [1.807, 2.05) is 103 Å². The molecule has 0 fully saturated rings. The molecule has 0 bridgehead atoms. The average molecular weight is 637 g/mol. The van der Waals surface area contributed by atoms with E-state index in [4.69, 9.17) is 30.8 Å². The number of carbonyl (C=O) groups excluding carboxylic acids is 1. The van der Waals surface area contributed by atoms with Crippen molar-refractivity contribution in [2.24, 2.45) is 4.99 Å². The zero-order valence-corrected chi connectivity index (χ0v) is 26.2. The van der Waals surface area contributed by atoms with Gasteiger partial charge in [0.1, 0.15) is 6.61 Å². The molecule has 45 heavy (non-hydrogen) atoms. The van der Waals surface area contributed by atoms with Crippen LogP contribution in [0.5, 0.6) is 11.5 Å². The number of thiazole rings is 1. The number of carbonyl (C=O) groups is 1. The van der Waals surface area contributed by atoms with Crippen molar-refractivity contribution in [2.45, 2.75) is 19.6 Å². The van der Waals surface area contributed by atoms with E-state index in [2.05, 4.69) is 0 Å². The van der Waals surface area contributed by atoms with Gasteiger partial charge in [-0.2, -0.15) is 0 Å². The molecule has 0 saturated heterocycles. The van der Waals surface area contributed by atoms with E-state index < -0.39 is 12.0 Å². The Kier molecular flexibility index (Phi) is 8.96. The lowest BCUT2D eigenvalue weighted by atomic mass is 9.93. The van der Waals surface area contributed by atoms with Gasteiger partial charge in [-0.15, -0.1) is 0 Å². The summed E-state index contributed by atoms with van der Waals surface area (Å²) in [6.45, 7) is 2.22. The highest BCUT2D eigenvalue weighted by Gasteiger charge is 2.35. The van der Waals surface area contributed by atoms with Crippen LogP contribution in [-0.2, 0) is 16.1 Å². The number of nitrogens with zero attached hydrogens (tertiary/aromatic N) is 2. The van der Waals surface area contributed by atoms with Crippen molar-refractivity contribution < 1.29 is 19.0 Å². The molecule has 4 aromatic carbocycles. The van der Waals surface area contributed by atoms with Gasteiger partial charge in [0.15, 0.2) is 16.3 Å². The molecular weight excluding hydrogens is 608 g/mol. The molecule has 6 rings (SSSR count). The fourth-order valence-corrected chi connectivity index (χ4v) is 6.35. The first-order valence-corrected chi connectivity index (χ1v) is 15.6. The lowest BCUT2D eigenvalue weighted by Gasteiger charge is -2.25. The van der Waals surface area contributed by atoms with Gasteiger partial charge in [0.05, 0.1) is 35.6 Å². The predicted octanol–water partition coefficient (Wildman–Crippen LogP) is 6.18. The minimum atomic E-state index is -0.746. The summed E-state index contributed by atoms with van der Waals surface area (Å²) >= 11 is 7.30. The lowest BCUT2D eigenvalue weighted by Crippen LogP contribution is -2.40. The fraction of sp³-hybridized carbons (Fsp3) is 0.139. The number of esters is 1. The maximum atomic E-state index is 14.3. The van der Waals surface area contributed by atoms with Crippen molar-refractivity contribution in [3.05, 3.63) is 156 Å². The largest absolute Gasteiger partial charge is 0.493 e. The molecule has 0 unspecified atom stereocenters. The molecule has 5 aromatic rings. The summed E-state index contributed by atoms with van der Waals surface area (Å²) in [4.78, 5) is 33.3. The highest BCUT2D eigenvalue weighted by molar-refractivity contribution is 7.07. The number of benzene rings is 4. The number of methoxy groups -OCH3 is 1. The maximum absolute atomic E-state index is 14.3. The normalized spacial score (nSPS) is 14.5. The van der Waals surface area contributed by atoms with Crippen LogP contribution in [-0.4, -0.2) is 24.3 Å². The van der Waals surface area contributed by atoms with Crippen LogP contribution in [0.3, 0.4) is 0 Å². The van der Waals surface area contributed by atoms with E-state index in [0.29, 0.717) is 42.7 Å². The monoisotopic (exact) mass is 636 g/mol. The molecule has 0 radical (unpaired) electrons. The number of ether oxygens (including phenoxy) is 3. The van der Waals surface area contributed by atoms with Crippen LogP contribution in [0, 0.1) is 0 Å². The minimum Gasteiger partial charge on any atom is -0.493 e. The van der Waals surface area contributed by atoms with E-state index in [0.717, 1.165) is 16.7 Å². The van der Waals surface area contributed by atoms with E-state index >= 15 is 0 Å². The van der Waals surface area contributed by atoms with Crippen LogP contribution in [0.4, 0.5) is 0 Å². The minimum absolute atomic E-state index is 0.185. The number of aromatic nitrogens is 1. The van der Waals surface area contributed by atoms with Crippen molar-refractivity contribution in [2.75, 3.05) is 13.7 Å². The van der Waals surface area contributed by atoms with Crippen molar-refractivity contribution in [1.82, 2.24) is 4.57 Å². The summed E-state index contributed by atoms with van der Waals surface area (Å²) in [5, 5.41) is 0.641. The number of hydrogen-bond acceptors (Lipinski definition) is 7. The third-order valence-corrected chi connectivity index (χ3v) is 8.54. The van der Waals surface area contributed by atoms with Gasteiger partial charge in [-0.3, -0.25) is 9.36 Å². The van der Waals surface area contributed by atoms with Gasteiger partial charge in [-0.05, 0) is 42.3 Å². The molecule has 1 aromatic heterocycles. The second-order valence-corrected chi connectivity index (χ2v) is 11.6. The summed E-state index contributed by atoms with van der Waals surface area (Å²) < 4.78 is 19.4. The zero-order chi connectivity index (χ0) is 31.3. The first-order chi connectivity index (χ1) is 22.0. The van der Waals surface area contributed by atoms with Crippen LogP contribution < -0.4 is 24.4 Å². The number of hydrogen-bond donors (Lipinski definition) is 0. The van der Waals surface area contributed by atoms with Gasteiger partial charge < -0.3 is 14.2 Å². The fourth-order valence-electron chi connectivity index (χ4n) is 5.23. The first kappa shape index (κ1) is 30.1. The first-order valence-electron chi connectivity index (χ1n) is 14.4. The van der Waals surface area contributed by atoms with Crippen molar-refractivity contribution in [3.63, 3.8) is 0 Å². The van der Waals surface area contributed by atoms with Gasteiger partial charge in [-0.25, -0.2) is 9.79 Å². The van der Waals surface area contributed by atoms with Crippen LogP contribution in [0.2, 0.25) is 5.02 Å². The molecule has 0 aliphatic carbocycles. The molecule has 9 heteroatoms. The Bertz CT molecular complexity index is 2050. The predicted molar refractivity (Wildman–Crippen MR) is 176 cm³/mol. The van der Waals surface area contributed by atoms with Gasteiger partial charge >= 0.3 is 5.97 Å². The van der Waals surface area contributed by atoms with Crippen LogP contribution in [0.1, 0.15) is 35.2 Å². The van der Waals surface area contributed by atoms with Gasteiger partial charge in [0.2, 0.25) is 0 Å². The quantitative estimate of drug-likeness (QED) is 0.181. The number of halogens is 1. The molecular formula is C36H29ClN2O5S. The van der Waals surface area contributed by atoms with E-state index in [-0.39, 0.29) is 18.8 Å². The third-order valence-electron chi connectivity index (χ3n) is 7.30. The molecule has 0 spiro atoms. The molecule has 2 heterocycles. The van der Waals surface area contributed by atoms with Crippen molar-refractivity contribution in [3.8, 4) is 11.5 Å². The summed E-state index contributed by atoms with van der Waals surface area (Å²) in [5.74, 6) is 0.509. The standard InChI is InChI=1S/C36H29ClN2O5S/c1-3-43-35(41)30-31(24-11-6-4-7-12-24)38-36-39(32(30)25-13-8-5-9-14-25)34(40)29(45-36)21-26-15-10-16-28(42-2)33(26)44-22-23-17-19-27(37)20-18-23/h4-21,32H,3,22H2,1-2H3/b29-21-/t32-/m1/s1. The number of fused-ring (bicyclic) bond motifs is 1. The van der Waals surface area contributed by atoms with Crippen LogP contribution >= 0.6 is 22.9 Å². The Hall–Kier alpha value is -4.92. The van der Waals surface area contributed by atoms with Gasteiger partial charge in [0.25, 0.3) is 5.56 Å². The lowest BCUT2D eigenvalue weighted by molar-refractivity contribution is -0.138. The van der Waals surface area contributed by atoms with Gasteiger partial charge in [0, 0.05) is 16.1 Å². The molecule has 0 saturated carbocycles. The molecule has 1 atom stereocenters. The van der Waals surface area contributed by atoms with E-state index in [9.17, 15) is 9.59 Å². The Morgan fingerprint density at radius 1 is 0.956 bits per heavy atom. The molecule has 1 aliphatic rings. The Labute approximate surface area is 268 Å². The Balaban J connectivity index is 1.54. The number of rotatable bonds is 9. The Morgan fingerprint density at radius 2 is 1.67 bits per heavy atom. The number of para-hydroxylation sites is 1. The highest BCUT2D eigenvalue weighted by atomic mass is 35.5.